The fourth-order valence-corrected chi connectivity index (χ4v) is 3.63. The van der Waals surface area contributed by atoms with Crippen molar-refractivity contribution in [2.45, 2.75) is 76.5 Å². The van der Waals surface area contributed by atoms with Crippen LogP contribution in [0, 0.1) is 0 Å². The maximum Gasteiger partial charge on any atom is 0.323 e. The van der Waals surface area contributed by atoms with Gasteiger partial charge in [0.1, 0.15) is 6.04 Å². The zero-order valence-corrected chi connectivity index (χ0v) is 12.5. The van der Waals surface area contributed by atoms with Gasteiger partial charge in [0.25, 0.3) is 0 Å². The zero-order valence-electron chi connectivity index (χ0n) is 12.5. The fraction of sp³-hybridized carbons (Fsp3) is 0.933. The van der Waals surface area contributed by atoms with Crippen LogP contribution in [-0.2, 0) is 9.53 Å². The quantitative estimate of drug-likeness (QED) is 0.774. The molecule has 2 bridgehead atoms. The van der Waals surface area contributed by atoms with E-state index in [-0.39, 0.29) is 12.0 Å². The number of esters is 1. The Kier molecular flexibility index (Phi) is 5.22. The van der Waals surface area contributed by atoms with Gasteiger partial charge in [-0.3, -0.25) is 4.79 Å². The smallest absolute Gasteiger partial charge is 0.323 e. The molecule has 3 atom stereocenters. The number of carbonyl (C=O) groups excluding carboxylic acids is 1. The van der Waals surface area contributed by atoms with Crippen molar-refractivity contribution in [3.63, 3.8) is 0 Å². The van der Waals surface area contributed by atoms with Crippen LogP contribution < -0.4 is 5.32 Å². The molecule has 0 radical (unpaired) electrons. The molecule has 0 aromatic rings. The number of piperidine rings is 2. The molecule has 0 aromatic heterocycles. The highest BCUT2D eigenvalue weighted by Gasteiger charge is 2.37. The fourth-order valence-electron chi connectivity index (χ4n) is 3.63. The van der Waals surface area contributed by atoms with Gasteiger partial charge in [-0.25, -0.2) is 0 Å². The van der Waals surface area contributed by atoms with Crippen LogP contribution in [0.5, 0.6) is 0 Å². The van der Waals surface area contributed by atoms with Gasteiger partial charge < -0.3 is 15.0 Å². The molecule has 4 heteroatoms. The molecule has 4 nitrogen and oxygen atoms in total. The third-order valence-corrected chi connectivity index (χ3v) is 4.76. The monoisotopic (exact) mass is 268 g/mol. The van der Waals surface area contributed by atoms with Gasteiger partial charge in [-0.2, -0.15) is 0 Å². The van der Waals surface area contributed by atoms with Crippen LogP contribution in [0.3, 0.4) is 0 Å². The lowest BCUT2D eigenvalue weighted by Crippen LogP contribution is -2.56. The molecule has 2 aliphatic rings. The molecule has 1 N–H and O–H groups in total. The van der Waals surface area contributed by atoms with Crippen LogP contribution in [-0.4, -0.2) is 48.7 Å². The molecule has 0 saturated carbocycles. The van der Waals surface area contributed by atoms with Crippen molar-refractivity contribution in [2.75, 3.05) is 13.7 Å². The molecule has 2 aliphatic heterocycles. The summed E-state index contributed by atoms with van der Waals surface area (Å²) in [6, 6.07) is 1.74. The summed E-state index contributed by atoms with van der Waals surface area (Å²) < 4.78 is 5.14. The molecule has 0 amide bonds. The number of hydrogen-bond donors (Lipinski definition) is 1. The lowest BCUT2D eigenvalue weighted by molar-refractivity contribution is -0.146. The van der Waals surface area contributed by atoms with Gasteiger partial charge in [-0.05, 0) is 46.1 Å². The second-order valence-corrected chi connectivity index (χ2v) is 5.95. The molecule has 2 saturated heterocycles. The number of carbonyl (C=O) groups is 1. The SMILES string of the molecule is CCOC(=O)C(CC)NC1CC2CCCC(C1)N2C. The Bertz CT molecular complexity index is 295. The van der Waals surface area contributed by atoms with Crippen LogP contribution >= 0.6 is 0 Å². The molecule has 110 valence electrons. The normalized spacial score (nSPS) is 32.9. The second-order valence-electron chi connectivity index (χ2n) is 5.95. The van der Waals surface area contributed by atoms with Crippen molar-refractivity contribution in [3.8, 4) is 0 Å². The molecule has 2 fully saturated rings. The minimum Gasteiger partial charge on any atom is -0.465 e. The molecule has 0 aliphatic carbocycles. The molecular formula is C15H28N2O2. The molecule has 19 heavy (non-hydrogen) atoms. The van der Waals surface area contributed by atoms with Gasteiger partial charge in [0.15, 0.2) is 0 Å². The summed E-state index contributed by atoms with van der Waals surface area (Å²) in [5.74, 6) is -0.0888. The number of hydrogen-bond acceptors (Lipinski definition) is 4. The largest absolute Gasteiger partial charge is 0.465 e. The number of nitrogens with zero attached hydrogens (tertiary/aromatic N) is 1. The Hall–Kier alpha value is -0.610. The summed E-state index contributed by atoms with van der Waals surface area (Å²) in [6.07, 6.45) is 7.12. The van der Waals surface area contributed by atoms with E-state index in [0.29, 0.717) is 24.7 Å². The Balaban J connectivity index is 1.90. The van der Waals surface area contributed by atoms with Gasteiger partial charge in [0.05, 0.1) is 6.61 Å². The minimum atomic E-state index is -0.130. The van der Waals surface area contributed by atoms with E-state index in [4.69, 9.17) is 4.74 Å². The predicted molar refractivity (Wildman–Crippen MR) is 76.1 cm³/mol. The number of rotatable bonds is 5. The van der Waals surface area contributed by atoms with Crippen molar-refractivity contribution in [2.24, 2.45) is 0 Å². The summed E-state index contributed by atoms with van der Waals surface area (Å²) in [5, 5.41) is 3.54. The first-order chi connectivity index (χ1) is 9.15. The topological polar surface area (TPSA) is 41.6 Å². The molecule has 3 unspecified atom stereocenters. The zero-order chi connectivity index (χ0) is 13.8. The van der Waals surface area contributed by atoms with Crippen LogP contribution in [0.4, 0.5) is 0 Å². The van der Waals surface area contributed by atoms with E-state index in [0.717, 1.165) is 6.42 Å². The Morgan fingerprint density at radius 1 is 1.32 bits per heavy atom. The average molecular weight is 268 g/mol. The maximum absolute atomic E-state index is 11.9. The van der Waals surface area contributed by atoms with Crippen LogP contribution in [0.2, 0.25) is 0 Å². The Morgan fingerprint density at radius 2 is 1.95 bits per heavy atom. The number of nitrogens with one attached hydrogen (secondary N) is 1. The Morgan fingerprint density at radius 3 is 2.47 bits per heavy atom. The first kappa shape index (κ1) is 14.8. The summed E-state index contributed by atoms with van der Waals surface area (Å²) in [5.41, 5.74) is 0. The van der Waals surface area contributed by atoms with Crippen molar-refractivity contribution < 1.29 is 9.53 Å². The van der Waals surface area contributed by atoms with E-state index in [1.165, 1.54) is 32.1 Å². The van der Waals surface area contributed by atoms with Gasteiger partial charge in [-0.15, -0.1) is 0 Å². The second kappa shape index (κ2) is 6.71. The first-order valence-corrected chi connectivity index (χ1v) is 7.80. The van der Waals surface area contributed by atoms with E-state index >= 15 is 0 Å². The third-order valence-electron chi connectivity index (χ3n) is 4.76. The highest BCUT2D eigenvalue weighted by Crippen LogP contribution is 2.32. The van der Waals surface area contributed by atoms with E-state index < -0.39 is 0 Å². The third kappa shape index (κ3) is 3.48. The van der Waals surface area contributed by atoms with Gasteiger partial charge in [-0.1, -0.05) is 13.3 Å². The average Bonchev–Trinajstić information content (AvgIpc) is 2.37. The first-order valence-electron chi connectivity index (χ1n) is 7.80. The molecule has 2 rings (SSSR count). The molecule has 0 spiro atoms. The van der Waals surface area contributed by atoms with Crippen molar-refractivity contribution in [1.82, 2.24) is 10.2 Å². The summed E-state index contributed by atoms with van der Waals surface area (Å²) in [7, 11) is 2.26. The van der Waals surface area contributed by atoms with E-state index in [1.807, 2.05) is 13.8 Å². The Labute approximate surface area is 116 Å². The van der Waals surface area contributed by atoms with Gasteiger partial charge in [0, 0.05) is 18.1 Å². The molecule has 0 aromatic carbocycles. The van der Waals surface area contributed by atoms with E-state index in [9.17, 15) is 4.79 Å². The standard InChI is InChI=1S/C15H28N2O2/c1-4-14(15(18)19-5-2)16-11-9-12-7-6-8-13(10-11)17(12)3/h11-14,16H,4-10H2,1-3H3. The minimum absolute atomic E-state index is 0.0888. The number of fused-ring (bicyclic) bond motifs is 2. The van der Waals surface area contributed by atoms with Crippen molar-refractivity contribution in [1.29, 1.82) is 0 Å². The molecule has 2 heterocycles. The maximum atomic E-state index is 11.9. The van der Waals surface area contributed by atoms with E-state index in [2.05, 4.69) is 17.3 Å². The summed E-state index contributed by atoms with van der Waals surface area (Å²) in [6.45, 7) is 4.38. The number of ether oxygens (including phenoxy) is 1. The lowest BCUT2D eigenvalue weighted by atomic mass is 9.82. The molecular weight excluding hydrogens is 240 g/mol. The lowest BCUT2D eigenvalue weighted by Gasteiger charge is -2.47. The summed E-state index contributed by atoms with van der Waals surface area (Å²) in [4.78, 5) is 14.4. The van der Waals surface area contributed by atoms with Gasteiger partial charge in [0.2, 0.25) is 0 Å². The predicted octanol–water partition coefficient (Wildman–Crippen LogP) is 1.93. The van der Waals surface area contributed by atoms with Crippen molar-refractivity contribution in [3.05, 3.63) is 0 Å². The highest BCUT2D eigenvalue weighted by molar-refractivity contribution is 5.75. The van der Waals surface area contributed by atoms with Gasteiger partial charge >= 0.3 is 5.97 Å². The van der Waals surface area contributed by atoms with Crippen LogP contribution in [0.25, 0.3) is 0 Å². The van der Waals surface area contributed by atoms with Crippen LogP contribution in [0.1, 0.15) is 52.4 Å². The highest BCUT2D eigenvalue weighted by atomic mass is 16.5. The summed E-state index contributed by atoms with van der Waals surface area (Å²) >= 11 is 0. The van der Waals surface area contributed by atoms with E-state index in [1.54, 1.807) is 0 Å². The van der Waals surface area contributed by atoms with Crippen LogP contribution in [0.15, 0.2) is 0 Å². The van der Waals surface area contributed by atoms with Crippen molar-refractivity contribution >= 4 is 5.97 Å².